The summed E-state index contributed by atoms with van der Waals surface area (Å²) >= 11 is 1.52. The Balaban J connectivity index is 1.02. The maximum atomic E-state index is 15.4. The lowest BCUT2D eigenvalue weighted by atomic mass is 9.61. The Labute approximate surface area is 382 Å². The van der Waals surface area contributed by atoms with Gasteiger partial charge >= 0.3 is 5.97 Å². The summed E-state index contributed by atoms with van der Waals surface area (Å²) in [6.07, 6.45) is 4.63. The van der Waals surface area contributed by atoms with Crippen LogP contribution in [0, 0.1) is 22.2 Å². The normalized spacial score (nSPS) is 34.1. The Morgan fingerprint density at radius 2 is 1.83 bits per heavy atom. The van der Waals surface area contributed by atoms with Crippen LogP contribution in [0.4, 0.5) is 0 Å². The average molecular weight is 906 g/mol. The monoisotopic (exact) mass is 905 g/mol. The van der Waals surface area contributed by atoms with Crippen LogP contribution in [-0.4, -0.2) is 125 Å². The largest absolute Gasteiger partial charge is 0.464 e. The third-order valence-corrected chi connectivity index (χ3v) is 17.3. The van der Waals surface area contributed by atoms with E-state index in [1.54, 1.807) is 12.1 Å². The number of rotatable bonds is 7. The van der Waals surface area contributed by atoms with Crippen LogP contribution in [0.15, 0.2) is 41.9 Å². The molecule has 8 aliphatic heterocycles. The minimum absolute atomic E-state index is 0.0162. The molecule has 0 radical (unpaired) electrons. The van der Waals surface area contributed by atoms with Crippen LogP contribution in [-0.2, 0) is 44.5 Å². The fourth-order valence-electron chi connectivity index (χ4n) is 12.3. The second kappa shape index (κ2) is 14.9. The van der Waals surface area contributed by atoms with Gasteiger partial charge in [0.05, 0.1) is 74.4 Å². The number of thiazole rings is 1. The summed E-state index contributed by atoms with van der Waals surface area (Å²) in [6, 6.07) is 8.36. The fourth-order valence-corrected chi connectivity index (χ4v) is 13.3. The third kappa shape index (κ3) is 6.51. The van der Waals surface area contributed by atoms with Crippen LogP contribution >= 0.6 is 11.3 Å². The molecule has 4 aromatic rings. The molecule has 2 amide bonds. The summed E-state index contributed by atoms with van der Waals surface area (Å²) in [7, 11) is 1.71. The Hall–Kier alpha value is -4.29. The van der Waals surface area contributed by atoms with Crippen LogP contribution in [0.25, 0.3) is 33.4 Å². The van der Waals surface area contributed by atoms with Crippen LogP contribution in [0.3, 0.4) is 0 Å². The molecule has 9 fully saturated rings. The molecule has 1 aromatic carbocycles. The number of benzene rings is 1. The highest BCUT2D eigenvalue weighted by molar-refractivity contribution is 7.10. The number of carbonyl (C=O) groups excluding carboxylic acids is 3. The number of carbonyl (C=O) groups is 3. The molecule has 2 aliphatic carbocycles. The lowest BCUT2D eigenvalue weighted by Crippen LogP contribution is -2.74. The highest BCUT2D eigenvalue weighted by Crippen LogP contribution is 2.61. The van der Waals surface area contributed by atoms with E-state index in [2.05, 4.69) is 70.6 Å². The molecule has 2 saturated carbocycles. The number of hydrogen-bond donors (Lipinski definition) is 2. The van der Waals surface area contributed by atoms with E-state index in [4.69, 9.17) is 33.7 Å². The standard InChI is InChI=1S/C49H59N7O8S/c1-26(60-6)37-32(8-7-11-50-37)40-34-15-46(3,4)23-63-44(58)38-29-12-30(13-29)56(53-38)43(57)39(52-45(59)49-19-47(5,20-49)27(2)64-49)41(54-21-48(22-54)24-62-25-48)42-51-35(18-65-42)28-9-10-36(33(34)14-28)55(40)31-16-61-17-31/h7-11,14,18,26-27,29-31,38-39,41,53H,12-13,15-17,19-25H2,1-6H3,(H,52,59)/t26-,27+,29?,30?,38-,39-,41-,47?,49?/m0/s1. The van der Waals surface area contributed by atoms with Gasteiger partial charge in [-0.3, -0.25) is 29.3 Å². The number of methoxy groups -OCH3 is 1. The molecule has 14 rings (SSSR count). The molecule has 11 heterocycles. The van der Waals surface area contributed by atoms with Crippen LogP contribution in [0.5, 0.6) is 0 Å². The summed E-state index contributed by atoms with van der Waals surface area (Å²) in [5, 5.41) is 8.85. The first-order chi connectivity index (χ1) is 31.2. The SMILES string of the molecule is CO[C@@H](C)c1ncccc1-c1c2c3cc(ccc3n1C1COC1)-c1csc(n1)[C@@H](N1CC3(COC3)C1)[C@H](NC(=O)C13CC(C)(C1)[C@@H](C)O3)C(=O)N1N[C@H](C(=O)OCC(C)(C)C2)C2CC1C2. The predicted octanol–water partition coefficient (Wildman–Crippen LogP) is 5.54. The van der Waals surface area contributed by atoms with Gasteiger partial charge in [0.25, 0.3) is 11.8 Å². The van der Waals surface area contributed by atoms with Crippen molar-refractivity contribution in [3.05, 3.63) is 58.2 Å². The zero-order valence-corrected chi connectivity index (χ0v) is 38.9. The maximum Gasteiger partial charge on any atom is 0.325 e. The summed E-state index contributed by atoms with van der Waals surface area (Å²) in [4.78, 5) is 57.0. The summed E-state index contributed by atoms with van der Waals surface area (Å²) in [5.41, 5.74) is 8.65. The van der Waals surface area contributed by atoms with E-state index in [1.165, 1.54) is 11.3 Å². The number of hydrazine groups is 1. The summed E-state index contributed by atoms with van der Waals surface area (Å²) < 4.78 is 32.6. The van der Waals surface area contributed by atoms with Crippen LogP contribution in [0.2, 0.25) is 0 Å². The Kier molecular flexibility index (Phi) is 9.62. The second-order valence-corrected chi connectivity index (χ2v) is 22.6. The van der Waals surface area contributed by atoms with E-state index in [0.29, 0.717) is 71.6 Å². The zero-order chi connectivity index (χ0) is 44.8. The highest BCUT2D eigenvalue weighted by Gasteiger charge is 2.68. The van der Waals surface area contributed by atoms with Crippen molar-refractivity contribution in [1.29, 1.82) is 0 Å². The number of cyclic esters (lactones) is 1. The van der Waals surface area contributed by atoms with Crippen LogP contribution in [0.1, 0.15) is 94.8 Å². The molecule has 10 aliphatic rings. The number of amides is 2. The zero-order valence-electron chi connectivity index (χ0n) is 38.1. The van der Waals surface area contributed by atoms with Gasteiger partial charge in [0.1, 0.15) is 22.7 Å². The van der Waals surface area contributed by atoms with Gasteiger partial charge in [0.15, 0.2) is 0 Å². The second-order valence-electron chi connectivity index (χ2n) is 21.7. The van der Waals surface area contributed by atoms with Crippen molar-refractivity contribution in [3.63, 3.8) is 0 Å². The molecule has 16 heteroatoms. The molecule has 344 valence electrons. The number of aromatic nitrogens is 3. The van der Waals surface area contributed by atoms with Gasteiger partial charge in [-0.2, -0.15) is 0 Å². The van der Waals surface area contributed by atoms with Crippen molar-refractivity contribution in [2.24, 2.45) is 22.2 Å². The number of esters is 1. The Bertz CT molecular complexity index is 2590. The van der Waals surface area contributed by atoms with E-state index in [9.17, 15) is 9.59 Å². The third-order valence-electron chi connectivity index (χ3n) is 16.3. The van der Waals surface area contributed by atoms with Crippen molar-refractivity contribution in [2.45, 2.75) is 115 Å². The molecule has 10 bridgehead atoms. The first kappa shape index (κ1) is 42.1. The minimum atomic E-state index is -1.02. The molecular formula is C49H59N7O8S. The molecular weight excluding hydrogens is 847 g/mol. The van der Waals surface area contributed by atoms with Gasteiger partial charge in [-0.05, 0) is 81.7 Å². The number of ether oxygens (including phenoxy) is 5. The number of likely N-dealkylation sites (tertiary alicyclic amines) is 1. The fraction of sp³-hybridized carbons (Fsp3) is 0.612. The quantitative estimate of drug-likeness (QED) is 0.224. The summed E-state index contributed by atoms with van der Waals surface area (Å²) in [5.74, 6) is -0.894. The molecule has 15 nitrogen and oxygen atoms in total. The lowest BCUT2D eigenvalue weighted by Gasteiger charge is -2.58. The number of nitrogens with zero attached hydrogens (tertiary/aromatic N) is 5. The number of hydrogen-bond acceptors (Lipinski definition) is 13. The molecule has 2 N–H and O–H groups in total. The van der Waals surface area contributed by atoms with Gasteiger partial charge in [0, 0.05) is 76.1 Å². The number of nitrogens with one attached hydrogen (secondary N) is 2. The Morgan fingerprint density at radius 1 is 1.05 bits per heavy atom. The first-order valence-electron chi connectivity index (χ1n) is 23.4. The van der Waals surface area contributed by atoms with Gasteiger partial charge in [-0.25, -0.2) is 10.4 Å². The van der Waals surface area contributed by atoms with E-state index < -0.39 is 29.1 Å². The van der Waals surface area contributed by atoms with E-state index in [1.807, 2.05) is 26.1 Å². The first-order valence-corrected chi connectivity index (χ1v) is 24.3. The smallest absolute Gasteiger partial charge is 0.325 e. The number of pyridine rings is 1. The molecule has 3 aromatic heterocycles. The number of fused-ring (bicyclic) bond motifs is 5. The van der Waals surface area contributed by atoms with Crippen molar-refractivity contribution in [2.75, 3.05) is 53.2 Å². The molecule has 1 spiro atoms. The van der Waals surface area contributed by atoms with Gasteiger partial charge in [-0.15, -0.1) is 11.3 Å². The van der Waals surface area contributed by atoms with Crippen molar-refractivity contribution < 1.29 is 38.1 Å². The Morgan fingerprint density at radius 3 is 2.51 bits per heavy atom. The molecule has 65 heavy (non-hydrogen) atoms. The van der Waals surface area contributed by atoms with Crippen molar-refractivity contribution in [1.82, 2.24) is 35.2 Å². The van der Waals surface area contributed by atoms with Gasteiger partial charge in [0.2, 0.25) is 0 Å². The molecule has 7 saturated heterocycles. The van der Waals surface area contributed by atoms with Crippen LogP contribution < -0.4 is 10.7 Å². The molecule has 0 unspecified atom stereocenters. The highest BCUT2D eigenvalue weighted by atomic mass is 32.1. The summed E-state index contributed by atoms with van der Waals surface area (Å²) in [6.45, 7) is 14.6. The van der Waals surface area contributed by atoms with E-state index >= 15 is 4.79 Å². The average Bonchev–Trinajstić information content (AvgIpc) is 3.96. The predicted molar refractivity (Wildman–Crippen MR) is 240 cm³/mol. The van der Waals surface area contributed by atoms with E-state index in [0.717, 1.165) is 49.7 Å². The lowest BCUT2D eigenvalue weighted by molar-refractivity contribution is -0.204. The van der Waals surface area contributed by atoms with Crippen molar-refractivity contribution in [3.8, 4) is 22.5 Å². The van der Waals surface area contributed by atoms with E-state index in [-0.39, 0.29) is 65.4 Å². The topological polar surface area (TPSA) is 159 Å². The van der Waals surface area contributed by atoms with Gasteiger partial charge < -0.3 is 33.6 Å². The maximum absolute atomic E-state index is 15.4. The molecule has 5 atom stereocenters. The van der Waals surface area contributed by atoms with Crippen molar-refractivity contribution >= 4 is 40.0 Å². The minimum Gasteiger partial charge on any atom is -0.464 e. The van der Waals surface area contributed by atoms with Gasteiger partial charge in [-0.1, -0.05) is 26.8 Å².